The summed E-state index contributed by atoms with van der Waals surface area (Å²) in [4.78, 5) is 43.3. The highest BCUT2D eigenvalue weighted by atomic mass is 19.1. The number of Topliss-reactive ketones (excluding diaryl/α,β-unsaturated/α-hetero) is 2. The van der Waals surface area contributed by atoms with Crippen LogP contribution in [0.25, 0.3) is 0 Å². The predicted molar refractivity (Wildman–Crippen MR) is 153 cm³/mol. The highest BCUT2D eigenvalue weighted by molar-refractivity contribution is 6.03. The van der Waals surface area contributed by atoms with Crippen LogP contribution < -0.4 is 5.32 Å². The van der Waals surface area contributed by atoms with Gasteiger partial charge in [-0.2, -0.15) is 0 Å². The predicted octanol–water partition coefficient (Wildman–Crippen LogP) is 5.00. The Kier molecular flexibility index (Phi) is 8.49. The molecule has 7 nitrogen and oxygen atoms in total. The van der Waals surface area contributed by atoms with E-state index in [0.29, 0.717) is 30.0 Å². The second kappa shape index (κ2) is 12.2. The lowest BCUT2D eigenvalue weighted by Gasteiger charge is -2.43. The van der Waals surface area contributed by atoms with E-state index in [0.717, 1.165) is 19.4 Å². The summed E-state index contributed by atoms with van der Waals surface area (Å²) in [6.45, 7) is 2.75. The summed E-state index contributed by atoms with van der Waals surface area (Å²) in [5.41, 5.74) is 1.38. The van der Waals surface area contributed by atoms with E-state index in [1.165, 1.54) is 30.3 Å². The van der Waals surface area contributed by atoms with Crippen molar-refractivity contribution < 1.29 is 29.0 Å². The van der Waals surface area contributed by atoms with E-state index < -0.39 is 23.6 Å². The minimum absolute atomic E-state index is 0.0689. The monoisotopic (exact) mass is 558 g/mol. The summed E-state index contributed by atoms with van der Waals surface area (Å²) in [5.74, 6) is -3.87. The number of hydrogen-bond acceptors (Lipinski definition) is 6. The molecule has 41 heavy (non-hydrogen) atoms. The minimum Gasteiger partial charge on any atom is -0.508 e. The molecule has 3 N–H and O–H groups in total. The van der Waals surface area contributed by atoms with Gasteiger partial charge in [-0.3, -0.25) is 14.4 Å². The molecule has 0 radical (unpaired) electrons. The van der Waals surface area contributed by atoms with Crippen LogP contribution >= 0.6 is 0 Å². The van der Waals surface area contributed by atoms with Crippen LogP contribution in [0.4, 0.5) is 4.39 Å². The van der Waals surface area contributed by atoms with Crippen molar-refractivity contribution in [3.8, 4) is 11.5 Å². The molecule has 2 aliphatic rings. The molecule has 1 amide bonds. The van der Waals surface area contributed by atoms with E-state index in [1.54, 1.807) is 48.2 Å². The molecule has 0 bridgehead atoms. The van der Waals surface area contributed by atoms with E-state index in [2.05, 4.69) is 5.32 Å². The second-order valence-corrected chi connectivity index (χ2v) is 11.2. The van der Waals surface area contributed by atoms with Gasteiger partial charge in [0.05, 0.1) is 0 Å². The van der Waals surface area contributed by atoms with Crippen molar-refractivity contribution in [2.75, 3.05) is 19.6 Å². The summed E-state index contributed by atoms with van der Waals surface area (Å²) in [5, 5.41) is 23.5. The Balaban J connectivity index is 1.56. The van der Waals surface area contributed by atoms with Crippen LogP contribution in [0, 0.1) is 24.6 Å². The third-order valence-corrected chi connectivity index (χ3v) is 8.53. The Hall–Kier alpha value is -4.04. The van der Waals surface area contributed by atoms with Gasteiger partial charge < -0.3 is 20.4 Å². The third-order valence-electron chi connectivity index (χ3n) is 8.53. The van der Waals surface area contributed by atoms with Crippen LogP contribution in [0.5, 0.6) is 11.5 Å². The van der Waals surface area contributed by atoms with Gasteiger partial charge in [0.1, 0.15) is 17.3 Å². The fourth-order valence-electron chi connectivity index (χ4n) is 6.17. The average molecular weight is 559 g/mol. The molecular formula is C33H35FN2O5. The molecule has 3 aromatic carbocycles. The number of likely N-dealkylation sites (tertiary alicyclic amines) is 1. The molecule has 2 aliphatic heterocycles. The van der Waals surface area contributed by atoms with Gasteiger partial charge in [-0.15, -0.1) is 0 Å². The van der Waals surface area contributed by atoms with Crippen molar-refractivity contribution in [2.45, 2.75) is 44.6 Å². The van der Waals surface area contributed by atoms with Gasteiger partial charge in [0.25, 0.3) is 0 Å². The molecule has 2 fully saturated rings. The molecule has 4 atom stereocenters. The number of aromatic hydroxyl groups is 2. The smallest absolute Gasteiger partial charge is 0.222 e. The number of piperidine rings is 1. The quantitative estimate of drug-likeness (QED) is 0.319. The number of nitrogens with one attached hydrogen (secondary N) is 1. The molecule has 8 heteroatoms. The molecule has 0 aromatic heterocycles. The zero-order valence-electron chi connectivity index (χ0n) is 23.1. The summed E-state index contributed by atoms with van der Waals surface area (Å²) < 4.78 is 14.9. The van der Waals surface area contributed by atoms with Crippen molar-refractivity contribution in [3.63, 3.8) is 0 Å². The van der Waals surface area contributed by atoms with E-state index in [-0.39, 0.29) is 53.2 Å². The molecule has 214 valence electrons. The van der Waals surface area contributed by atoms with E-state index in [4.69, 9.17) is 0 Å². The second-order valence-electron chi connectivity index (χ2n) is 11.2. The Labute approximate surface area is 239 Å². The summed E-state index contributed by atoms with van der Waals surface area (Å²) in [6, 6.07) is 17.1. The number of carbonyl (C=O) groups excluding carboxylic acids is 3. The largest absolute Gasteiger partial charge is 0.508 e. The first-order valence-electron chi connectivity index (χ1n) is 14.2. The van der Waals surface area contributed by atoms with Crippen LogP contribution in [0.3, 0.4) is 0 Å². The molecule has 3 aromatic rings. The number of rotatable bonds is 9. The van der Waals surface area contributed by atoms with Crippen molar-refractivity contribution in [2.24, 2.45) is 11.8 Å². The molecule has 0 spiro atoms. The molecule has 5 rings (SSSR count). The lowest BCUT2D eigenvalue weighted by atomic mass is 9.67. The van der Waals surface area contributed by atoms with Crippen molar-refractivity contribution in [1.82, 2.24) is 10.2 Å². The maximum absolute atomic E-state index is 14.9. The first kappa shape index (κ1) is 28.5. The van der Waals surface area contributed by atoms with Crippen LogP contribution in [-0.2, 0) is 4.79 Å². The van der Waals surface area contributed by atoms with Gasteiger partial charge in [0.2, 0.25) is 5.91 Å². The van der Waals surface area contributed by atoms with E-state index >= 15 is 0 Å². The summed E-state index contributed by atoms with van der Waals surface area (Å²) in [6.07, 6.45) is 2.95. The van der Waals surface area contributed by atoms with Crippen LogP contribution in [0.15, 0.2) is 66.7 Å². The summed E-state index contributed by atoms with van der Waals surface area (Å²) in [7, 11) is 0. The Bertz CT molecular complexity index is 1390. The number of hydrogen-bond donors (Lipinski definition) is 3. The Morgan fingerprint density at radius 3 is 1.98 bits per heavy atom. The van der Waals surface area contributed by atoms with Crippen molar-refractivity contribution in [3.05, 3.63) is 94.8 Å². The van der Waals surface area contributed by atoms with Gasteiger partial charge in [-0.05, 0) is 74.2 Å². The Morgan fingerprint density at radius 2 is 1.46 bits per heavy atom. The van der Waals surface area contributed by atoms with E-state index in [1.807, 2.05) is 0 Å². The van der Waals surface area contributed by atoms with Crippen molar-refractivity contribution in [1.29, 1.82) is 0 Å². The number of benzene rings is 3. The number of halogens is 1. The van der Waals surface area contributed by atoms with E-state index in [9.17, 15) is 29.0 Å². The van der Waals surface area contributed by atoms with Gasteiger partial charge in [-0.1, -0.05) is 36.4 Å². The number of amides is 1. The first-order valence-corrected chi connectivity index (χ1v) is 14.2. The zero-order valence-corrected chi connectivity index (χ0v) is 23.1. The highest BCUT2D eigenvalue weighted by Crippen LogP contribution is 2.43. The lowest BCUT2D eigenvalue weighted by molar-refractivity contribution is -0.133. The van der Waals surface area contributed by atoms with Gasteiger partial charge in [0.15, 0.2) is 11.6 Å². The number of nitrogens with zero attached hydrogens (tertiary/aromatic N) is 1. The van der Waals surface area contributed by atoms with Crippen LogP contribution in [0.1, 0.15) is 63.4 Å². The number of ketones is 2. The molecule has 0 aliphatic carbocycles. The third kappa shape index (κ3) is 6.17. The topological polar surface area (TPSA) is 107 Å². The molecular weight excluding hydrogens is 523 g/mol. The fraction of sp³-hybridized carbons (Fsp3) is 0.364. The standard InChI is InChI=1S/C33H35FN2O5/c1-20-26(11-5-12-29(20)34)31-27(32(40)21-6-2-9-24(37)16-21)18-36(30(39)13-4-8-23-14-15-35-23)19-28(31)33(41)22-7-3-10-25(38)17-22/h2-3,5-7,9-12,16-17,23,27-28,31,35,37-38H,4,8,13-15,18-19H2,1H3/t23?,27-,28+,31?. The Morgan fingerprint density at radius 1 is 0.902 bits per heavy atom. The minimum atomic E-state index is -0.866. The zero-order chi connectivity index (χ0) is 29.1. The van der Waals surface area contributed by atoms with Gasteiger partial charge in [-0.25, -0.2) is 4.39 Å². The first-order chi connectivity index (χ1) is 19.7. The molecule has 2 heterocycles. The van der Waals surface area contributed by atoms with Crippen LogP contribution in [0.2, 0.25) is 0 Å². The molecule has 2 saturated heterocycles. The summed E-state index contributed by atoms with van der Waals surface area (Å²) >= 11 is 0. The SMILES string of the molecule is Cc1c(F)cccc1C1[C@@H](C(=O)c2cccc(O)c2)CN(C(=O)CCCC2CCN2)C[C@H]1C(=O)c1cccc(O)c1. The average Bonchev–Trinajstić information content (AvgIpc) is 2.94. The number of phenols is 2. The van der Waals surface area contributed by atoms with Gasteiger partial charge in [0, 0.05) is 54.4 Å². The lowest BCUT2D eigenvalue weighted by Crippen LogP contribution is -2.52. The number of phenolic OH excluding ortho intramolecular Hbond substituents is 2. The van der Waals surface area contributed by atoms with Crippen LogP contribution in [-0.4, -0.2) is 58.3 Å². The van der Waals surface area contributed by atoms with Gasteiger partial charge >= 0.3 is 0 Å². The maximum Gasteiger partial charge on any atom is 0.222 e. The fourth-order valence-corrected chi connectivity index (χ4v) is 6.17. The normalized spacial score (nSPS) is 22.1. The molecule has 2 unspecified atom stereocenters. The maximum atomic E-state index is 14.9. The number of carbonyl (C=O) groups is 3. The molecule has 0 saturated carbocycles. The van der Waals surface area contributed by atoms with Crippen molar-refractivity contribution >= 4 is 17.5 Å². The highest BCUT2D eigenvalue weighted by Gasteiger charge is 2.46.